The first-order chi connectivity index (χ1) is 10.5. The van der Waals surface area contributed by atoms with Crippen LogP contribution in [0.25, 0.3) is 0 Å². The summed E-state index contributed by atoms with van der Waals surface area (Å²) in [4.78, 5) is 5.62. The first-order valence-corrected chi connectivity index (χ1v) is 9.42. The lowest BCUT2D eigenvalue weighted by molar-refractivity contribution is 0.407. The summed E-state index contributed by atoms with van der Waals surface area (Å²) >= 11 is 6.05. The second-order valence-electron chi connectivity index (χ2n) is 6.00. The SMILES string of the molecule is O=S(=O)(NCC1CCCN(c2c(F)cncc2Cl)C1)C1CC1. The van der Waals surface area contributed by atoms with E-state index in [1.807, 2.05) is 4.90 Å². The number of piperidine rings is 1. The van der Waals surface area contributed by atoms with E-state index in [-0.39, 0.29) is 11.2 Å². The topological polar surface area (TPSA) is 62.3 Å². The average Bonchev–Trinajstić information content (AvgIpc) is 3.31. The molecule has 1 aliphatic heterocycles. The van der Waals surface area contributed by atoms with E-state index >= 15 is 0 Å². The number of sulfonamides is 1. The Morgan fingerprint density at radius 1 is 1.36 bits per heavy atom. The Morgan fingerprint density at radius 2 is 2.14 bits per heavy atom. The molecule has 22 heavy (non-hydrogen) atoms. The van der Waals surface area contributed by atoms with Crippen molar-refractivity contribution in [1.29, 1.82) is 0 Å². The predicted octanol–water partition coefficient (Wildman–Crippen LogP) is 2.17. The van der Waals surface area contributed by atoms with Gasteiger partial charge in [-0.25, -0.2) is 17.5 Å². The molecular formula is C14H19ClFN3O2S. The van der Waals surface area contributed by atoms with Gasteiger partial charge in [0.25, 0.3) is 0 Å². The van der Waals surface area contributed by atoms with Gasteiger partial charge in [-0.05, 0) is 31.6 Å². The zero-order valence-corrected chi connectivity index (χ0v) is 13.7. The minimum Gasteiger partial charge on any atom is -0.368 e. The Labute approximate surface area is 134 Å². The van der Waals surface area contributed by atoms with Crippen molar-refractivity contribution in [2.24, 2.45) is 5.92 Å². The summed E-state index contributed by atoms with van der Waals surface area (Å²) in [6, 6.07) is 0. The standard InChI is InChI=1S/C14H19ClFN3O2S/c15-12-7-17-8-13(16)14(12)19-5-1-2-10(9-19)6-18-22(20,21)11-3-4-11/h7-8,10-11,18H,1-6,9H2. The van der Waals surface area contributed by atoms with Gasteiger partial charge in [0.2, 0.25) is 10.0 Å². The molecule has 0 spiro atoms. The third kappa shape index (κ3) is 3.52. The van der Waals surface area contributed by atoms with Crippen LogP contribution in [0.4, 0.5) is 10.1 Å². The molecule has 2 fully saturated rings. The monoisotopic (exact) mass is 347 g/mol. The van der Waals surface area contributed by atoms with E-state index < -0.39 is 15.8 Å². The summed E-state index contributed by atoms with van der Waals surface area (Å²) in [6.07, 6.45) is 5.90. The number of pyridine rings is 1. The molecule has 1 N–H and O–H groups in total. The van der Waals surface area contributed by atoms with Crippen molar-refractivity contribution in [2.45, 2.75) is 30.9 Å². The highest BCUT2D eigenvalue weighted by Gasteiger charge is 2.36. The molecule has 122 valence electrons. The van der Waals surface area contributed by atoms with E-state index in [2.05, 4.69) is 9.71 Å². The van der Waals surface area contributed by atoms with Crippen molar-refractivity contribution in [3.05, 3.63) is 23.2 Å². The lowest BCUT2D eigenvalue weighted by Crippen LogP contribution is -2.42. The smallest absolute Gasteiger partial charge is 0.214 e. The molecule has 5 nitrogen and oxygen atoms in total. The summed E-state index contributed by atoms with van der Waals surface area (Å²) < 4.78 is 40.4. The first kappa shape index (κ1) is 16.0. The molecule has 0 radical (unpaired) electrons. The highest BCUT2D eigenvalue weighted by atomic mass is 35.5. The van der Waals surface area contributed by atoms with Crippen LogP contribution in [0.5, 0.6) is 0 Å². The van der Waals surface area contributed by atoms with Gasteiger partial charge in [0.1, 0.15) is 0 Å². The Kier molecular flexibility index (Phi) is 4.56. The van der Waals surface area contributed by atoms with E-state index in [9.17, 15) is 12.8 Å². The first-order valence-electron chi connectivity index (χ1n) is 7.50. The lowest BCUT2D eigenvalue weighted by atomic mass is 9.98. The van der Waals surface area contributed by atoms with Crippen molar-refractivity contribution < 1.29 is 12.8 Å². The van der Waals surface area contributed by atoms with Gasteiger partial charge in [-0.2, -0.15) is 0 Å². The van der Waals surface area contributed by atoms with Crippen LogP contribution < -0.4 is 9.62 Å². The fourth-order valence-corrected chi connectivity index (χ4v) is 4.60. The molecule has 0 amide bonds. The van der Waals surface area contributed by atoms with Crippen LogP contribution in [0.1, 0.15) is 25.7 Å². The average molecular weight is 348 g/mol. The zero-order valence-electron chi connectivity index (χ0n) is 12.1. The molecule has 1 saturated heterocycles. The van der Waals surface area contributed by atoms with E-state index in [4.69, 9.17) is 11.6 Å². The van der Waals surface area contributed by atoms with Gasteiger partial charge in [-0.15, -0.1) is 0 Å². The van der Waals surface area contributed by atoms with Gasteiger partial charge >= 0.3 is 0 Å². The minimum atomic E-state index is -3.16. The second-order valence-corrected chi connectivity index (χ2v) is 8.45. The number of anilines is 1. The van der Waals surface area contributed by atoms with E-state index in [1.54, 1.807) is 0 Å². The Hall–Kier alpha value is -0.920. The number of nitrogens with zero attached hydrogens (tertiary/aromatic N) is 2. The van der Waals surface area contributed by atoms with Crippen LogP contribution >= 0.6 is 11.6 Å². The number of halogens is 2. The maximum absolute atomic E-state index is 14.0. The van der Waals surface area contributed by atoms with Crippen LogP contribution in [0.2, 0.25) is 5.02 Å². The molecule has 1 aliphatic carbocycles. The number of rotatable bonds is 5. The van der Waals surface area contributed by atoms with Gasteiger partial charge < -0.3 is 4.90 Å². The van der Waals surface area contributed by atoms with E-state index in [0.717, 1.165) is 31.9 Å². The van der Waals surface area contributed by atoms with Gasteiger partial charge in [0, 0.05) is 25.8 Å². The fraction of sp³-hybridized carbons (Fsp3) is 0.643. The van der Waals surface area contributed by atoms with E-state index in [0.29, 0.717) is 30.3 Å². The summed E-state index contributed by atoms with van der Waals surface area (Å²) in [6.45, 7) is 1.71. The fourth-order valence-electron chi connectivity index (χ4n) is 2.87. The number of nitrogens with one attached hydrogen (secondary N) is 1. The van der Waals surface area contributed by atoms with E-state index in [1.165, 1.54) is 6.20 Å². The molecule has 0 bridgehead atoms. The van der Waals surface area contributed by atoms with Gasteiger partial charge in [-0.1, -0.05) is 11.6 Å². The van der Waals surface area contributed by atoms with Crippen molar-refractivity contribution in [3.63, 3.8) is 0 Å². The molecule has 3 rings (SSSR count). The molecule has 8 heteroatoms. The molecule has 1 atom stereocenters. The summed E-state index contributed by atoms with van der Waals surface area (Å²) in [5.74, 6) is -0.280. The Morgan fingerprint density at radius 3 is 2.82 bits per heavy atom. The summed E-state index contributed by atoms with van der Waals surface area (Å²) in [5, 5.41) is 0.0819. The third-order valence-electron chi connectivity index (χ3n) is 4.20. The highest BCUT2D eigenvalue weighted by Crippen LogP contribution is 2.32. The molecule has 1 aromatic heterocycles. The van der Waals surface area contributed by atoms with Crippen molar-refractivity contribution in [2.75, 3.05) is 24.5 Å². The van der Waals surface area contributed by atoms with Crippen LogP contribution in [-0.2, 0) is 10.0 Å². The number of hydrogen-bond acceptors (Lipinski definition) is 4. The second kappa shape index (κ2) is 6.29. The van der Waals surface area contributed by atoms with Crippen molar-refractivity contribution >= 4 is 27.3 Å². The lowest BCUT2D eigenvalue weighted by Gasteiger charge is -2.35. The quantitative estimate of drug-likeness (QED) is 0.886. The maximum Gasteiger partial charge on any atom is 0.214 e. The van der Waals surface area contributed by atoms with Crippen LogP contribution in [0.3, 0.4) is 0 Å². The summed E-state index contributed by atoms with van der Waals surface area (Å²) in [5.41, 5.74) is 0.367. The minimum absolute atomic E-state index is 0.158. The zero-order chi connectivity index (χ0) is 15.7. The molecule has 1 saturated carbocycles. The predicted molar refractivity (Wildman–Crippen MR) is 84.1 cm³/mol. The molecule has 1 aromatic rings. The normalized spacial score (nSPS) is 22.8. The number of aromatic nitrogens is 1. The van der Waals surface area contributed by atoms with Gasteiger partial charge in [0.15, 0.2) is 5.82 Å². The van der Waals surface area contributed by atoms with Crippen molar-refractivity contribution in [3.8, 4) is 0 Å². The number of hydrogen-bond donors (Lipinski definition) is 1. The van der Waals surface area contributed by atoms with Crippen LogP contribution in [0.15, 0.2) is 12.4 Å². The molecule has 1 unspecified atom stereocenters. The van der Waals surface area contributed by atoms with Gasteiger partial charge in [0.05, 0.1) is 22.2 Å². The van der Waals surface area contributed by atoms with Crippen LogP contribution in [0, 0.1) is 11.7 Å². The summed E-state index contributed by atoms with van der Waals surface area (Å²) in [7, 11) is -3.16. The highest BCUT2D eigenvalue weighted by molar-refractivity contribution is 7.90. The maximum atomic E-state index is 14.0. The molecule has 2 aliphatic rings. The Bertz CT molecular complexity index is 631. The third-order valence-corrected chi connectivity index (χ3v) is 6.39. The molecule has 0 aromatic carbocycles. The van der Waals surface area contributed by atoms with Crippen LogP contribution in [-0.4, -0.2) is 38.3 Å². The molecular weight excluding hydrogens is 329 g/mol. The van der Waals surface area contributed by atoms with Gasteiger partial charge in [-0.3, -0.25) is 4.98 Å². The Balaban J connectivity index is 1.64. The van der Waals surface area contributed by atoms with Crippen molar-refractivity contribution in [1.82, 2.24) is 9.71 Å². The largest absolute Gasteiger partial charge is 0.368 e. The molecule has 2 heterocycles.